The lowest BCUT2D eigenvalue weighted by Gasteiger charge is -2.48. The molecule has 0 amide bonds. The molecule has 1 aromatic carbocycles. The molecule has 152 valence electrons. The molecule has 0 atom stereocenters. The summed E-state index contributed by atoms with van der Waals surface area (Å²) in [6.45, 7) is 9.88. The number of anilines is 2. The Morgan fingerprint density at radius 2 is 1.89 bits per heavy atom. The van der Waals surface area contributed by atoms with Crippen molar-refractivity contribution in [2.24, 2.45) is 0 Å². The van der Waals surface area contributed by atoms with Crippen molar-refractivity contribution in [1.29, 1.82) is 0 Å². The molecular formula is C22H36ClN3O. The molecule has 0 bridgehead atoms. The highest BCUT2D eigenvalue weighted by molar-refractivity contribution is 6.31. The molecule has 1 saturated heterocycles. The number of nitrogens with zero attached hydrogens (tertiary/aromatic N) is 1. The van der Waals surface area contributed by atoms with Crippen molar-refractivity contribution in [3.63, 3.8) is 0 Å². The van der Waals surface area contributed by atoms with Gasteiger partial charge in [0.25, 0.3) is 0 Å². The van der Waals surface area contributed by atoms with Gasteiger partial charge in [-0.3, -0.25) is 4.90 Å². The van der Waals surface area contributed by atoms with Gasteiger partial charge in [-0.15, -0.1) is 0 Å². The van der Waals surface area contributed by atoms with Crippen molar-refractivity contribution < 1.29 is 4.74 Å². The first kappa shape index (κ1) is 20.8. The van der Waals surface area contributed by atoms with Gasteiger partial charge in [-0.25, -0.2) is 0 Å². The topological polar surface area (TPSA) is 50.5 Å². The number of nitrogens with one attached hydrogen (secondary N) is 1. The van der Waals surface area contributed by atoms with Gasteiger partial charge in [-0.1, -0.05) is 18.5 Å². The second-order valence-corrected chi connectivity index (χ2v) is 9.07. The van der Waals surface area contributed by atoms with E-state index in [1.807, 2.05) is 13.0 Å². The van der Waals surface area contributed by atoms with Gasteiger partial charge in [0.2, 0.25) is 0 Å². The predicted molar refractivity (Wildman–Crippen MR) is 116 cm³/mol. The number of likely N-dealkylation sites (tertiary alicyclic amines) is 1. The Balaban J connectivity index is 1.50. The first-order valence-corrected chi connectivity index (χ1v) is 11.0. The van der Waals surface area contributed by atoms with Gasteiger partial charge in [-0.2, -0.15) is 0 Å². The zero-order valence-corrected chi connectivity index (χ0v) is 17.9. The molecule has 27 heavy (non-hydrogen) atoms. The number of piperidine rings is 1. The predicted octanol–water partition coefficient (Wildman–Crippen LogP) is 5.23. The molecule has 0 radical (unpaired) electrons. The molecule has 1 heterocycles. The maximum absolute atomic E-state index is 6.16. The average Bonchev–Trinajstić information content (AvgIpc) is 2.66. The van der Waals surface area contributed by atoms with Crippen molar-refractivity contribution in [3.05, 3.63) is 22.7 Å². The van der Waals surface area contributed by atoms with Gasteiger partial charge in [0, 0.05) is 36.3 Å². The third kappa shape index (κ3) is 5.10. The Labute approximate surface area is 169 Å². The van der Waals surface area contributed by atoms with E-state index in [1.165, 1.54) is 25.7 Å². The summed E-state index contributed by atoms with van der Waals surface area (Å²) in [5.74, 6) is 0. The van der Waals surface area contributed by atoms with Crippen LogP contribution in [-0.2, 0) is 4.74 Å². The lowest BCUT2D eigenvalue weighted by atomic mass is 9.79. The fourth-order valence-corrected chi connectivity index (χ4v) is 4.76. The number of nitrogens with two attached hydrogens (primary N) is 1. The molecule has 1 aliphatic heterocycles. The lowest BCUT2D eigenvalue weighted by molar-refractivity contribution is -0.0277. The van der Waals surface area contributed by atoms with Crippen LogP contribution in [0.25, 0.3) is 0 Å². The van der Waals surface area contributed by atoms with Crippen molar-refractivity contribution in [1.82, 2.24) is 4.90 Å². The largest absolute Gasteiger partial charge is 0.397 e. The van der Waals surface area contributed by atoms with Crippen LogP contribution >= 0.6 is 11.6 Å². The van der Waals surface area contributed by atoms with Crippen LogP contribution in [0.15, 0.2) is 12.1 Å². The summed E-state index contributed by atoms with van der Waals surface area (Å²) < 4.78 is 5.98. The normalized spacial score (nSPS) is 27.6. The summed E-state index contributed by atoms with van der Waals surface area (Å²) in [7, 11) is 0. The number of hydrogen-bond donors (Lipinski definition) is 2. The first-order valence-electron chi connectivity index (χ1n) is 10.6. The molecule has 2 fully saturated rings. The smallest absolute Gasteiger partial charge is 0.0579 e. The highest BCUT2D eigenvalue weighted by Crippen LogP contribution is 2.37. The number of rotatable bonds is 6. The second-order valence-electron chi connectivity index (χ2n) is 8.66. The van der Waals surface area contributed by atoms with E-state index >= 15 is 0 Å². The number of benzene rings is 1. The Morgan fingerprint density at radius 1 is 1.22 bits per heavy atom. The Bertz CT molecular complexity index is 620. The minimum Gasteiger partial charge on any atom is -0.397 e. The molecule has 3 N–H and O–H groups in total. The minimum absolute atomic E-state index is 0.340. The number of hydrogen-bond acceptors (Lipinski definition) is 4. The van der Waals surface area contributed by atoms with E-state index in [0.717, 1.165) is 60.9 Å². The number of aryl methyl sites for hydroxylation is 1. The van der Waals surface area contributed by atoms with E-state index in [4.69, 9.17) is 22.1 Å². The molecule has 0 aromatic heterocycles. The highest BCUT2D eigenvalue weighted by atomic mass is 35.5. The van der Waals surface area contributed by atoms with Crippen LogP contribution < -0.4 is 11.1 Å². The van der Waals surface area contributed by atoms with Gasteiger partial charge < -0.3 is 15.8 Å². The van der Waals surface area contributed by atoms with E-state index in [0.29, 0.717) is 17.7 Å². The third-order valence-corrected chi connectivity index (χ3v) is 6.92. The van der Waals surface area contributed by atoms with Crippen LogP contribution in [0.2, 0.25) is 5.02 Å². The van der Waals surface area contributed by atoms with E-state index in [1.54, 1.807) is 0 Å². The molecule has 0 unspecified atom stereocenters. The van der Waals surface area contributed by atoms with Gasteiger partial charge in [0.15, 0.2) is 0 Å². The fraction of sp³-hybridized carbons (Fsp3) is 0.727. The van der Waals surface area contributed by atoms with Gasteiger partial charge >= 0.3 is 0 Å². The molecule has 2 aliphatic rings. The molecular weight excluding hydrogens is 358 g/mol. The summed E-state index contributed by atoms with van der Waals surface area (Å²) in [6, 6.07) is 4.41. The lowest BCUT2D eigenvalue weighted by Crippen LogP contribution is -2.53. The zero-order chi connectivity index (χ0) is 19.4. The average molecular weight is 394 g/mol. The van der Waals surface area contributed by atoms with E-state index < -0.39 is 0 Å². The fourth-order valence-electron chi connectivity index (χ4n) is 4.59. The molecule has 1 saturated carbocycles. The van der Waals surface area contributed by atoms with Crippen molar-refractivity contribution in [2.75, 3.05) is 30.7 Å². The molecule has 5 heteroatoms. The van der Waals surface area contributed by atoms with Crippen molar-refractivity contribution in [2.45, 2.75) is 83.4 Å². The van der Waals surface area contributed by atoms with Gasteiger partial charge in [0.1, 0.15) is 0 Å². The standard InChI is InChI=1S/C22H36ClN3O/c1-4-13-27-18-5-9-22(3,10-6-18)26-11-7-17(8-12-26)25-21-14-16(2)19(23)15-20(21)24/h14-15,17-18,25H,4-13,24H2,1-3H3/t18-,22+. The quantitative estimate of drug-likeness (QED) is 0.649. The monoisotopic (exact) mass is 393 g/mol. The van der Waals surface area contributed by atoms with Crippen LogP contribution in [0, 0.1) is 6.92 Å². The Morgan fingerprint density at radius 3 is 2.52 bits per heavy atom. The summed E-state index contributed by atoms with van der Waals surface area (Å²) in [4.78, 5) is 2.72. The first-order chi connectivity index (χ1) is 12.9. The second kappa shape index (κ2) is 9.02. The van der Waals surface area contributed by atoms with Gasteiger partial charge in [0.05, 0.1) is 17.5 Å². The van der Waals surface area contributed by atoms with E-state index in [2.05, 4.69) is 30.1 Å². The SMILES string of the molecule is CCCO[C@H]1CC[C@@](C)(N2CCC(Nc3cc(C)c(Cl)cc3N)CC2)CC1. The molecule has 0 spiro atoms. The van der Waals surface area contributed by atoms with Crippen LogP contribution in [0.1, 0.15) is 64.4 Å². The van der Waals surface area contributed by atoms with Gasteiger partial charge in [-0.05, 0) is 76.5 Å². The van der Waals surface area contributed by atoms with Crippen molar-refractivity contribution in [3.8, 4) is 0 Å². The summed E-state index contributed by atoms with van der Waals surface area (Å²) in [6.07, 6.45) is 8.83. The Hall–Kier alpha value is -0.970. The summed E-state index contributed by atoms with van der Waals surface area (Å²) >= 11 is 6.16. The zero-order valence-electron chi connectivity index (χ0n) is 17.2. The summed E-state index contributed by atoms with van der Waals surface area (Å²) in [5.41, 5.74) is 9.33. The Kier molecular flexibility index (Phi) is 6.93. The van der Waals surface area contributed by atoms with Crippen LogP contribution in [-0.4, -0.2) is 42.3 Å². The maximum atomic E-state index is 6.16. The van der Waals surface area contributed by atoms with Crippen LogP contribution in [0.4, 0.5) is 11.4 Å². The maximum Gasteiger partial charge on any atom is 0.0579 e. The van der Waals surface area contributed by atoms with Crippen molar-refractivity contribution >= 4 is 23.0 Å². The number of nitrogen functional groups attached to an aromatic ring is 1. The molecule has 3 rings (SSSR count). The molecule has 4 nitrogen and oxygen atoms in total. The molecule has 1 aromatic rings. The summed E-state index contributed by atoms with van der Waals surface area (Å²) in [5, 5.41) is 4.39. The van der Waals surface area contributed by atoms with E-state index in [-0.39, 0.29) is 0 Å². The number of ether oxygens (including phenoxy) is 1. The van der Waals surface area contributed by atoms with E-state index in [9.17, 15) is 0 Å². The molecule has 1 aliphatic carbocycles. The van der Waals surface area contributed by atoms with Crippen LogP contribution in [0.5, 0.6) is 0 Å². The highest BCUT2D eigenvalue weighted by Gasteiger charge is 2.38. The minimum atomic E-state index is 0.340. The van der Waals surface area contributed by atoms with Crippen LogP contribution in [0.3, 0.4) is 0 Å². The number of halogens is 1. The third-order valence-electron chi connectivity index (χ3n) is 6.52.